The van der Waals surface area contributed by atoms with Crippen molar-refractivity contribution in [1.29, 1.82) is 0 Å². The number of benzene rings is 1. The second-order valence-electron chi connectivity index (χ2n) is 2.19. The summed E-state index contributed by atoms with van der Waals surface area (Å²) in [5.41, 5.74) is -0.0105. The van der Waals surface area contributed by atoms with E-state index in [-0.39, 0.29) is 11.4 Å². The van der Waals surface area contributed by atoms with Crippen molar-refractivity contribution in [2.45, 2.75) is 0 Å². The maximum atomic E-state index is 10.4. The second kappa shape index (κ2) is 3.50. The van der Waals surface area contributed by atoms with Gasteiger partial charge in [0.05, 0.1) is 12.0 Å². The number of methoxy groups -OCH3 is 1. The molecule has 1 unspecified atom stereocenters. The van der Waals surface area contributed by atoms with Crippen LogP contribution in [0, 0.1) is 10.1 Å². The number of nitro benzene ring substituents is 1. The highest BCUT2D eigenvalue weighted by Gasteiger charge is 2.12. The van der Waals surface area contributed by atoms with E-state index in [2.05, 4.69) is 9.24 Å². The number of hydrogen-bond acceptors (Lipinski definition) is 3. The van der Waals surface area contributed by atoms with E-state index in [9.17, 15) is 10.1 Å². The van der Waals surface area contributed by atoms with Crippen molar-refractivity contribution < 1.29 is 9.66 Å². The molecule has 1 atom stereocenters. The van der Waals surface area contributed by atoms with Gasteiger partial charge in [-0.2, -0.15) is 0 Å². The summed E-state index contributed by atoms with van der Waals surface area (Å²) in [7, 11) is 3.85. The Kier molecular flexibility index (Phi) is 2.61. The van der Waals surface area contributed by atoms with Gasteiger partial charge in [-0.3, -0.25) is 10.1 Å². The van der Waals surface area contributed by atoms with Gasteiger partial charge >= 0.3 is 5.69 Å². The van der Waals surface area contributed by atoms with E-state index >= 15 is 0 Å². The summed E-state index contributed by atoms with van der Waals surface area (Å²) in [6.07, 6.45) is 0. The van der Waals surface area contributed by atoms with Crippen molar-refractivity contribution in [2.24, 2.45) is 0 Å². The molecule has 4 nitrogen and oxygen atoms in total. The average molecular weight is 185 g/mol. The summed E-state index contributed by atoms with van der Waals surface area (Å²) in [4.78, 5) is 9.94. The molecule has 0 aliphatic carbocycles. The molecular weight excluding hydrogens is 177 g/mol. The van der Waals surface area contributed by atoms with Crippen LogP contribution in [0.15, 0.2) is 18.2 Å². The van der Waals surface area contributed by atoms with Crippen LogP contribution in [-0.2, 0) is 0 Å². The third-order valence-corrected chi connectivity index (χ3v) is 1.76. The quantitative estimate of drug-likeness (QED) is 0.394. The zero-order valence-corrected chi connectivity index (χ0v) is 7.64. The van der Waals surface area contributed by atoms with Crippen molar-refractivity contribution in [3.05, 3.63) is 28.3 Å². The Morgan fingerprint density at radius 1 is 1.58 bits per heavy atom. The molecular formula is C7H8NO3P. The number of nitro groups is 1. The minimum atomic E-state index is -0.469. The molecule has 0 heterocycles. The lowest BCUT2D eigenvalue weighted by Gasteiger charge is -2.01. The van der Waals surface area contributed by atoms with Gasteiger partial charge in [-0.25, -0.2) is 0 Å². The molecule has 0 saturated carbocycles. The number of hydrogen-bond donors (Lipinski definition) is 0. The molecule has 0 spiro atoms. The van der Waals surface area contributed by atoms with Gasteiger partial charge in [0.2, 0.25) is 0 Å². The van der Waals surface area contributed by atoms with Gasteiger partial charge in [0, 0.05) is 6.07 Å². The molecule has 0 radical (unpaired) electrons. The maximum absolute atomic E-state index is 10.4. The van der Waals surface area contributed by atoms with Crippen molar-refractivity contribution >= 4 is 20.2 Å². The van der Waals surface area contributed by atoms with E-state index in [4.69, 9.17) is 4.74 Å². The summed E-state index contributed by atoms with van der Waals surface area (Å²) in [5.74, 6) is 0.285. The van der Waals surface area contributed by atoms with Gasteiger partial charge in [-0.1, -0.05) is 0 Å². The standard InChI is InChI=1S/C7H8NO3P/c1-11-7-4-5(12)2-3-6(7)8(9)10/h2-4H,12H2,1H3. The van der Waals surface area contributed by atoms with E-state index in [1.165, 1.54) is 13.2 Å². The van der Waals surface area contributed by atoms with Crippen molar-refractivity contribution in [2.75, 3.05) is 7.11 Å². The molecule has 0 bridgehead atoms. The zero-order chi connectivity index (χ0) is 9.14. The lowest BCUT2D eigenvalue weighted by atomic mass is 10.3. The highest BCUT2D eigenvalue weighted by atomic mass is 31.0. The maximum Gasteiger partial charge on any atom is 0.310 e. The molecule has 1 aromatic carbocycles. The first-order valence-corrected chi connectivity index (χ1v) is 3.81. The highest BCUT2D eigenvalue weighted by molar-refractivity contribution is 7.27. The lowest BCUT2D eigenvalue weighted by molar-refractivity contribution is -0.385. The largest absolute Gasteiger partial charge is 0.490 e. The van der Waals surface area contributed by atoms with E-state index in [0.717, 1.165) is 5.30 Å². The summed E-state index contributed by atoms with van der Waals surface area (Å²) in [5, 5.41) is 11.3. The van der Waals surface area contributed by atoms with Crippen LogP contribution < -0.4 is 10.0 Å². The third kappa shape index (κ3) is 1.71. The Labute approximate surface area is 71.9 Å². The molecule has 12 heavy (non-hydrogen) atoms. The van der Waals surface area contributed by atoms with Crippen LogP contribution in [0.5, 0.6) is 5.75 Å². The Hall–Kier alpha value is -1.15. The predicted molar refractivity (Wildman–Crippen MR) is 49.0 cm³/mol. The van der Waals surface area contributed by atoms with Crippen LogP contribution in [0.1, 0.15) is 0 Å². The number of nitrogens with zero attached hydrogens (tertiary/aromatic N) is 1. The fraction of sp³-hybridized carbons (Fsp3) is 0.143. The average Bonchev–Trinajstić information content (AvgIpc) is 2.03. The van der Waals surface area contributed by atoms with Gasteiger partial charge in [-0.05, 0) is 17.4 Å². The van der Waals surface area contributed by atoms with E-state index in [1.54, 1.807) is 12.1 Å². The third-order valence-electron chi connectivity index (χ3n) is 1.40. The normalized spacial score (nSPS) is 9.50. The van der Waals surface area contributed by atoms with Gasteiger partial charge in [0.25, 0.3) is 0 Å². The van der Waals surface area contributed by atoms with Gasteiger partial charge in [0.1, 0.15) is 0 Å². The molecule has 0 amide bonds. The fourth-order valence-electron chi connectivity index (χ4n) is 0.845. The van der Waals surface area contributed by atoms with Crippen molar-refractivity contribution in [3.63, 3.8) is 0 Å². The molecule has 0 N–H and O–H groups in total. The molecule has 1 rings (SSSR count). The Morgan fingerprint density at radius 3 is 2.75 bits per heavy atom. The predicted octanol–water partition coefficient (Wildman–Crippen LogP) is 1.10. The Balaban J connectivity index is 3.20. The minimum Gasteiger partial charge on any atom is -0.490 e. The van der Waals surface area contributed by atoms with Crippen LogP contribution in [0.2, 0.25) is 0 Å². The monoisotopic (exact) mass is 185 g/mol. The molecule has 64 valence electrons. The first kappa shape index (κ1) is 8.94. The van der Waals surface area contributed by atoms with Crippen LogP contribution in [0.4, 0.5) is 5.69 Å². The SMILES string of the molecule is COc1cc(P)ccc1[N+](=O)[O-]. The van der Waals surface area contributed by atoms with Crippen molar-refractivity contribution in [3.8, 4) is 5.75 Å². The van der Waals surface area contributed by atoms with Crippen LogP contribution >= 0.6 is 9.24 Å². The first-order chi connectivity index (χ1) is 5.65. The summed E-state index contributed by atoms with van der Waals surface area (Å²) in [6, 6.07) is 4.66. The van der Waals surface area contributed by atoms with Crippen molar-refractivity contribution in [1.82, 2.24) is 0 Å². The van der Waals surface area contributed by atoms with E-state index < -0.39 is 4.92 Å². The molecule has 0 fully saturated rings. The molecule has 0 aliphatic rings. The first-order valence-electron chi connectivity index (χ1n) is 3.23. The van der Waals surface area contributed by atoms with Crippen LogP contribution in [0.25, 0.3) is 0 Å². The summed E-state index contributed by atoms with van der Waals surface area (Å²) in [6.45, 7) is 0. The summed E-state index contributed by atoms with van der Waals surface area (Å²) < 4.78 is 4.83. The van der Waals surface area contributed by atoms with E-state index in [0.29, 0.717) is 0 Å². The molecule has 0 aliphatic heterocycles. The number of ether oxygens (including phenoxy) is 1. The fourth-order valence-corrected chi connectivity index (χ4v) is 1.09. The number of rotatable bonds is 2. The lowest BCUT2D eigenvalue weighted by Crippen LogP contribution is -1.97. The summed E-state index contributed by atoms with van der Waals surface area (Å²) >= 11 is 0. The highest BCUT2D eigenvalue weighted by Crippen LogP contribution is 2.24. The van der Waals surface area contributed by atoms with Gasteiger partial charge in [0.15, 0.2) is 5.75 Å². The Morgan fingerprint density at radius 2 is 2.25 bits per heavy atom. The van der Waals surface area contributed by atoms with Gasteiger partial charge < -0.3 is 4.74 Å². The van der Waals surface area contributed by atoms with Crippen LogP contribution in [0.3, 0.4) is 0 Å². The minimum absolute atomic E-state index is 0.0105. The molecule has 5 heteroatoms. The second-order valence-corrected chi connectivity index (χ2v) is 2.86. The van der Waals surface area contributed by atoms with E-state index in [1.807, 2.05) is 0 Å². The topological polar surface area (TPSA) is 52.4 Å². The molecule has 0 aromatic heterocycles. The van der Waals surface area contributed by atoms with Gasteiger partial charge in [-0.15, -0.1) is 9.24 Å². The zero-order valence-electron chi connectivity index (χ0n) is 6.48. The molecule has 1 aromatic rings. The van der Waals surface area contributed by atoms with Crippen LogP contribution in [-0.4, -0.2) is 12.0 Å². The smallest absolute Gasteiger partial charge is 0.310 e. The Bertz CT molecular complexity index is 314. The molecule has 0 saturated heterocycles.